The van der Waals surface area contributed by atoms with Crippen LogP contribution < -0.4 is 0 Å². The lowest BCUT2D eigenvalue weighted by Gasteiger charge is -2.19. The first-order chi connectivity index (χ1) is 7.43. The third-order valence-corrected chi connectivity index (χ3v) is 3.77. The van der Waals surface area contributed by atoms with Crippen molar-refractivity contribution in [2.75, 3.05) is 0 Å². The van der Waals surface area contributed by atoms with Gasteiger partial charge in [-0.05, 0) is 52.3 Å². The molecule has 0 fully saturated rings. The summed E-state index contributed by atoms with van der Waals surface area (Å²) in [6.07, 6.45) is 6.03. The van der Waals surface area contributed by atoms with Crippen LogP contribution >= 0.6 is 0 Å². The van der Waals surface area contributed by atoms with E-state index in [1.54, 1.807) is 16.7 Å². The Bertz CT molecular complexity index is 603. The lowest BCUT2D eigenvalue weighted by Crippen LogP contribution is -1.99. The number of aryl methyl sites for hydroxylation is 1. The van der Waals surface area contributed by atoms with Crippen LogP contribution in [0.5, 0.6) is 0 Å². The highest BCUT2D eigenvalue weighted by atomic mass is 14.3. The van der Waals surface area contributed by atoms with Crippen LogP contribution in [-0.4, -0.2) is 0 Å². The molecule has 0 aliphatic heterocycles. The van der Waals surface area contributed by atoms with E-state index in [9.17, 15) is 0 Å². The topological polar surface area (TPSA) is 0 Å². The zero-order chi connectivity index (χ0) is 9.83. The van der Waals surface area contributed by atoms with Gasteiger partial charge >= 0.3 is 0 Å². The van der Waals surface area contributed by atoms with Gasteiger partial charge in [0.25, 0.3) is 0 Å². The average molecular weight is 192 g/mol. The maximum Gasteiger partial charge on any atom is -0.00737 e. The van der Waals surface area contributed by atoms with Crippen LogP contribution in [-0.2, 0) is 12.8 Å². The number of rotatable bonds is 0. The van der Waals surface area contributed by atoms with Gasteiger partial charge in [0.2, 0.25) is 0 Å². The molecule has 0 bridgehead atoms. The van der Waals surface area contributed by atoms with Crippen molar-refractivity contribution in [1.29, 1.82) is 0 Å². The second-order valence-electron chi connectivity index (χ2n) is 4.55. The molecule has 0 heterocycles. The molecule has 15 heavy (non-hydrogen) atoms. The van der Waals surface area contributed by atoms with E-state index in [0.717, 1.165) is 6.42 Å². The number of hydrogen-bond donors (Lipinski definition) is 0. The Labute approximate surface area is 89.2 Å². The molecule has 0 aromatic heterocycles. The molecule has 0 nitrogen and oxygen atoms in total. The Kier molecular flexibility index (Phi) is 1.29. The van der Waals surface area contributed by atoms with E-state index >= 15 is 0 Å². The summed E-state index contributed by atoms with van der Waals surface area (Å²) in [4.78, 5) is 0. The van der Waals surface area contributed by atoms with E-state index in [4.69, 9.17) is 0 Å². The molecule has 0 N–H and O–H groups in total. The van der Waals surface area contributed by atoms with Crippen molar-refractivity contribution < 1.29 is 0 Å². The highest BCUT2D eigenvalue weighted by Gasteiger charge is 2.22. The SMILES string of the molecule is C1=C2CCc3cccc4ccc(c2c34)C1. The summed E-state index contributed by atoms with van der Waals surface area (Å²) >= 11 is 0. The summed E-state index contributed by atoms with van der Waals surface area (Å²) in [7, 11) is 0. The first-order valence-electron chi connectivity index (χ1n) is 5.66. The van der Waals surface area contributed by atoms with Gasteiger partial charge in [0.15, 0.2) is 0 Å². The quantitative estimate of drug-likeness (QED) is 0.596. The molecular formula is C15H12. The van der Waals surface area contributed by atoms with Gasteiger partial charge in [-0.15, -0.1) is 0 Å². The minimum Gasteiger partial charge on any atom is -0.0763 e. The van der Waals surface area contributed by atoms with E-state index in [1.165, 1.54) is 29.2 Å². The van der Waals surface area contributed by atoms with Crippen molar-refractivity contribution in [3.05, 3.63) is 53.1 Å². The van der Waals surface area contributed by atoms with Crippen LogP contribution in [0.15, 0.2) is 36.4 Å². The van der Waals surface area contributed by atoms with Crippen molar-refractivity contribution in [1.82, 2.24) is 0 Å². The Hall–Kier alpha value is -1.56. The second kappa shape index (κ2) is 2.52. The Morgan fingerprint density at radius 1 is 0.867 bits per heavy atom. The zero-order valence-corrected chi connectivity index (χ0v) is 8.59. The molecular weight excluding hydrogens is 180 g/mol. The standard InChI is InChI=1S/C15H12/c1-2-10-4-6-12-8-9-13-7-5-11(3-1)14(10)15(12)13/h1-4,6,9H,5,7-8H2. The van der Waals surface area contributed by atoms with Gasteiger partial charge in [-0.25, -0.2) is 0 Å². The largest absolute Gasteiger partial charge is 0.0763 e. The monoisotopic (exact) mass is 192 g/mol. The Balaban J connectivity index is 2.29. The molecule has 0 radical (unpaired) electrons. The molecule has 2 aliphatic rings. The van der Waals surface area contributed by atoms with E-state index in [2.05, 4.69) is 36.4 Å². The maximum absolute atomic E-state index is 2.42. The average Bonchev–Trinajstić information content (AvgIpc) is 2.71. The van der Waals surface area contributed by atoms with Crippen molar-refractivity contribution in [3.63, 3.8) is 0 Å². The molecule has 0 amide bonds. The van der Waals surface area contributed by atoms with Crippen LogP contribution in [0.4, 0.5) is 0 Å². The number of hydrogen-bond acceptors (Lipinski definition) is 0. The molecule has 0 spiro atoms. The fourth-order valence-electron chi connectivity index (χ4n) is 3.07. The third kappa shape index (κ3) is 0.872. The van der Waals surface area contributed by atoms with Gasteiger partial charge in [0, 0.05) is 0 Å². The lowest BCUT2D eigenvalue weighted by atomic mass is 9.85. The summed E-state index contributed by atoms with van der Waals surface area (Å²) in [5.74, 6) is 0. The predicted molar refractivity (Wildman–Crippen MR) is 64.0 cm³/mol. The molecule has 0 saturated heterocycles. The van der Waals surface area contributed by atoms with Crippen LogP contribution in [0.25, 0.3) is 16.3 Å². The maximum atomic E-state index is 2.42. The fourth-order valence-corrected chi connectivity index (χ4v) is 3.07. The predicted octanol–water partition coefficient (Wildman–Crippen LogP) is 3.73. The first-order valence-corrected chi connectivity index (χ1v) is 5.66. The van der Waals surface area contributed by atoms with Crippen molar-refractivity contribution in [3.8, 4) is 0 Å². The van der Waals surface area contributed by atoms with E-state index in [-0.39, 0.29) is 0 Å². The molecule has 2 aromatic carbocycles. The molecule has 0 unspecified atom stereocenters. The van der Waals surface area contributed by atoms with Gasteiger partial charge in [-0.1, -0.05) is 36.4 Å². The van der Waals surface area contributed by atoms with Gasteiger partial charge in [0.1, 0.15) is 0 Å². The van der Waals surface area contributed by atoms with Crippen LogP contribution in [0.3, 0.4) is 0 Å². The number of allylic oxidation sites excluding steroid dienone is 2. The molecule has 0 saturated carbocycles. The molecule has 0 atom stereocenters. The van der Waals surface area contributed by atoms with Gasteiger partial charge in [0.05, 0.1) is 0 Å². The highest BCUT2D eigenvalue weighted by molar-refractivity contribution is 6.00. The summed E-state index contributed by atoms with van der Waals surface area (Å²) in [6, 6.07) is 11.3. The first kappa shape index (κ1) is 7.70. The Morgan fingerprint density at radius 3 is 2.87 bits per heavy atom. The number of benzene rings is 2. The smallest absolute Gasteiger partial charge is 0.00737 e. The van der Waals surface area contributed by atoms with Crippen LogP contribution in [0, 0.1) is 0 Å². The van der Waals surface area contributed by atoms with Crippen LogP contribution in [0.1, 0.15) is 23.1 Å². The molecule has 0 heteroatoms. The van der Waals surface area contributed by atoms with Crippen molar-refractivity contribution in [2.24, 2.45) is 0 Å². The molecule has 2 aliphatic carbocycles. The third-order valence-electron chi connectivity index (χ3n) is 3.77. The minimum absolute atomic E-state index is 1.15. The fraction of sp³-hybridized carbons (Fsp3) is 0.200. The van der Waals surface area contributed by atoms with Crippen LogP contribution in [0.2, 0.25) is 0 Å². The van der Waals surface area contributed by atoms with Gasteiger partial charge in [-0.3, -0.25) is 0 Å². The summed E-state index contributed by atoms with van der Waals surface area (Å²) in [5, 5.41) is 2.95. The van der Waals surface area contributed by atoms with Crippen molar-refractivity contribution >= 4 is 16.3 Å². The van der Waals surface area contributed by atoms with Gasteiger partial charge in [-0.2, -0.15) is 0 Å². The molecule has 4 rings (SSSR count). The second-order valence-corrected chi connectivity index (χ2v) is 4.55. The van der Waals surface area contributed by atoms with E-state index in [0.29, 0.717) is 0 Å². The van der Waals surface area contributed by atoms with E-state index in [1.807, 2.05) is 0 Å². The summed E-state index contributed by atoms with van der Waals surface area (Å²) in [5.41, 5.74) is 6.23. The summed E-state index contributed by atoms with van der Waals surface area (Å²) < 4.78 is 0. The summed E-state index contributed by atoms with van der Waals surface area (Å²) in [6.45, 7) is 0. The zero-order valence-electron chi connectivity index (χ0n) is 8.59. The minimum atomic E-state index is 1.15. The lowest BCUT2D eigenvalue weighted by molar-refractivity contribution is 1.01. The van der Waals surface area contributed by atoms with Crippen molar-refractivity contribution in [2.45, 2.75) is 19.3 Å². The molecule has 2 aromatic rings. The molecule has 72 valence electrons. The van der Waals surface area contributed by atoms with E-state index < -0.39 is 0 Å². The Morgan fingerprint density at radius 2 is 1.87 bits per heavy atom. The van der Waals surface area contributed by atoms with Gasteiger partial charge < -0.3 is 0 Å². The normalized spacial score (nSPS) is 16.9. The highest BCUT2D eigenvalue weighted by Crippen LogP contribution is 2.41.